The molecule has 2 aromatic rings. The molecule has 1 aliphatic rings. The van der Waals surface area contributed by atoms with Crippen molar-refractivity contribution in [3.05, 3.63) is 41.7 Å². The first-order valence-electron chi connectivity index (χ1n) is 7.40. The average molecular weight is 300 g/mol. The Morgan fingerprint density at radius 2 is 1.95 bits per heavy atom. The Bertz CT molecular complexity index is 672. The van der Waals surface area contributed by atoms with Crippen molar-refractivity contribution in [1.29, 1.82) is 0 Å². The van der Waals surface area contributed by atoms with Gasteiger partial charge in [-0.2, -0.15) is 0 Å². The molecule has 1 saturated heterocycles. The fourth-order valence-electron chi connectivity index (χ4n) is 2.87. The molecule has 1 aromatic heterocycles. The number of H-pyrrole nitrogens is 1. The Morgan fingerprint density at radius 1 is 1.23 bits per heavy atom. The van der Waals surface area contributed by atoms with Crippen LogP contribution in [0.1, 0.15) is 16.1 Å². The van der Waals surface area contributed by atoms with Gasteiger partial charge in [-0.05, 0) is 18.1 Å². The van der Waals surface area contributed by atoms with Crippen LogP contribution in [0.2, 0.25) is 0 Å². The quantitative estimate of drug-likeness (QED) is 0.885. The third kappa shape index (κ3) is 2.60. The summed E-state index contributed by atoms with van der Waals surface area (Å²) in [5, 5.41) is 0. The summed E-state index contributed by atoms with van der Waals surface area (Å²) in [6.45, 7) is 4.93. The minimum atomic E-state index is -0.346. The summed E-state index contributed by atoms with van der Waals surface area (Å²) in [5.41, 5.74) is 4.73. The van der Waals surface area contributed by atoms with E-state index in [1.165, 1.54) is 12.7 Å². The third-order valence-corrected chi connectivity index (χ3v) is 4.00. The van der Waals surface area contributed by atoms with Gasteiger partial charge >= 0.3 is 5.97 Å². The Hall–Kier alpha value is -2.27. The number of hydrogen-bond acceptors (Lipinski definition) is 4. The second kappa shape index (κ2) is 6.23. The minimum absolute atomic E-state index is 0.346. The average Bonchev–Trinajstić information content (AvgIpc) is 3.00. The fraction of sp³-hybridized carbons (Fsp3) is 0.353. The van der Waals surface area contributed by atoms with E-state index in [0.717, 1.165) is 29.9 Å². The van der Waals surface area contributed by atoms with Crippen LogP contribution in [0.15, 0.2) is 30.5 Å². The molecule has 0 atom stereocenters. The molecule has 3 rings (SSSR count). The second-order valence-corrected chi connectivity index (χ2v) is 5.33. The molecule has 22 heavy (non-hydrogen) atoms. The lowest BCUT2D eigenvalue weighted by Gasteiger charge is -2.30. The van der Waals surface area contributed by atoms with Crippen molar-refractivity contribution in [2.75, 3.05) is 38.3 Å². The lowest BCUT2D eigenvalue weighted by molar-refractivity contribution is 0.0594. The number of aryl methyl sites for hydroxylation is 1. The molecule has 0 radical (unpaired) electrons. The molecule has 5 nitrogen and oxygen atoms in total. The van der Waals surface area contributed by atoms with Crippen molar-refractivity contribution in [3.63, 3.8) is 0 Å². The van der Waals surface area contributed by atoms with E-state index in [-0.39, 0.29) is 5.97 Å². The van der Waals surface area contributed by atoms with Crippen LogP contribution >= 0.6 is 0 Å². The predicted octanol–water partition coefficient (Wildman–Crippen LogP) is 2.61. The van der Waals surface area contributed by atoms with Crippen LogP contribution in [-0.2, 0) is 9.47 Å². The van der Waals surface area contributed by atoms with Gasteiger partial charge in [0.2, 0.25) is 0 Å². The smallest absolute Gasteiger partial charge is 0.356 e. The van der Waals surface area contributed by atoms with Gasteiger partial charge in [-0.3, -0.25) is 0 Å². The van der Waals surface area contributed by atoms with Crippen LogP contribution in [0, 0.1) is 6.92 Å². The summed E-state index contributed by atoms with van der Waals surface area (Å²) in [6.07, 6.45) is 1.89. The number of morpholine rings is 1. The van der Waals surface area contributed by atoms with Gasteiger partial charge in [0.15, 0.2) is 0 Å². The van der Waals surface area contributed by atoms with E-state index in [0.29, 0.717) is 18.9 Å². The van der Waals surface area contributed by atoms with Gasteiger partial charge in [-0.1, -0.05) is 24.3 Å². The number of carbonyl (C=O) groups excluding carboxylic acids is 1. The molecule has 5 heteroatoms. The number of nitrogens with one attached hydrogen (secondary N) is 1. The zero-order valence-corrected chi connectivity index (χ0v) is 12.9. The van der Waals surface area contributed by atoms with Crippen molar-refractivity contribution >= 4 is 11.7 Å². The molecule has 0 unspecified atom stereocenters. The summed E-state index contributed by atoms with van der Waals surface area (Å²) in [4.78, 5) is 17.4. The summed E-state index contributed by atoms with van der Waals surface area (Å²) < 4.78 is 10.3. The highest BCUT2D eigenvalue weighted by Gasteiger charge is 2.25. The molecule has 0 saturated carbocycles. The second-order valence-electron chi connectivity index (χ2n) is 5.33. The first-order chi connectivity index (χ1) is 10.7. The summed E-state index contributed by atoms with van der Waals surface area (Å²) in [7, 11) is 1.40. The van der Waals surface area contributed by atoms with Crippen molar-refractivity contribution < 1.29 is 14.3 Å². The molecule has 1 fully saturated rings. The molecule has 0 bridgehead atoms. The highest BCUT2D eigenvalue weighted by atomic mass is 16.5. The Morgan fingerprint density at radius 3 is 2.64 bits per heavy atom. The maximum absolute atomic E-state index is 12.1. The van der Waals surface area contributed by atoms with Crippen molar-refractivity contribution in [2.24, 2.45) is 0 Å². The monoisotopic (exact) mass is 300 g/mol. The lowest BCUT2D eigenvalue weighted by Crippen LogP contribution is -2.37. The normalized spacial score (nSPS) is 14.9. The Balaban J connectivity index is 2.12. The van der Waals surface area contributed by atoms with E-state index in [4.69, 9.17) is 9.47 Å². The maximum Gasteiger partial charge on any atom is 0.356 e. The third-order valence-electron chi connectivity index (χ3n) is 4.00. The van der Waals surface area contributed by atoms with E-state index in [1.807, 2.05) is 18.3 Å². The van der Waals surface area contributed by atoms with E-state index in [2.05, 4.69) is 28.9 Å². The number of benzene rings is 1. The molecule has 0 spiro atoms. The van der Waals surface area contributed by atoms with Gasteiger partial charge in [0.25, 0.3) is 0 Å². The van der Waals surface area contributed by atoms with Gasteiger partial charge in [0.05, 0.1) is 26.0 Å². The Kier molecular flexibility index (Phi) is 4.15. The number of anilines is 1. The number of aromatic amines is 1. The lowest BCUT2D eigenvalue weighted by atomic mass is 10.0. The zero-order chi connectivity index (χ0) is 15.5. The van der Waals surface area contributed by atoms with Gasteiger partial charge in [0.1, 0.15) is 5.69 Å². The molecule has 0 amide bonds. The number of nitrogens with zero attached hydrogens (tertiary/aromatic N) is 1. The van der Waals surface area contributed by atoms with Crippen LogP contribution in [0.3, 0.4) is 0 Å². The number of ether oxygens (including phenoxy) is 2. The number of hydrogen-bond donors (Lipinski definition) is 1. The largest absolute Gasteiger partial charge is 0.464 e. The summed E-state index contributed by atoms with van der Waals surface area (Å²) in [6, 6.07) is 8.17. The van der Waals surface area contributed by atoms with E-state index in [9.17, 15) is 4.79 Å². The van der Waals surface area contributed by atoms with Crippen LogP contribution < -0.4 is 4.90 Å². The number of aromatic nitrogens is 1. The van der Waals surface area contributed by atoms with Crippen LogP contribution in [-0.4, -0.2) is 44.4 Å². The number of methoxy groups -OCH3 is 1. The minimum Gasteiger partial charge on any atom is -0.464 e. The van der Waals surface area contributed by atoms with Gasteiger partial charge < -0.3 is 19.4 Å². The van der Waals surface area contributed by atoms with Crippen molar-refractivity contribution in [2.45, 2.75) is 6.92 Å². The van der Waals surface area contributed by atoms with Gasteiger partial charge in [-0.25, -0.2) is 4.79 Å². The van der Waals surface area contributed by atoms with E-state index >= 15 is 0 Å². The molecule has 1 N–H and O–H groups in total. The van der Waals surface area contributed by atoms with Crippen molar-refractivity contribution in [3.8, 4) is 11.1 Å². The highest BCUT2D eigenvalue weighted by Crippen LogP contribution is 2.36. The van der Waals surface area contributed by atoms with Crippen LogP contribution in [0.5, 0.6) is 0 Å². The first kappa shape index (κ1) is 14.7. The number of carbonyl (C=O) groups is 1. The maximum atomic E-state index is 12.1. The Labute approximate surface area is 129 Å². The van der Waals surface area contributed by atoms with E-state index in [1.54, 1.807) is 0 Å². The standard InChI is InChI=1S/C17H20N2O3/c1-12-5-3-4-6-13(12)14-11-18-15(17(20)21-2)16(14)19-7-9-22-10-8-19/h3-6,11,18H,7-10H2,1-2H3. The number of esters is 1. The van der Waals surface area contributed by atoms with Crippen LogP contribution in [0.25, 0.3) is 11.1 Å². The molecule has 1 aliphatic heterocycles. The molecule has 1 aromatic carbocycles. The van der Waals surface area contributed by atoms with Gasteiger partial charge in [-0.15, -0.1) is 0 Å². The topological polar surface area (TPSA) is 54.6 Å². The molecular weight excluding hydrogens is 280 g/mol. The predicted molar refractivity (Wildman–Crippen MR) is 85.3 cm³/mol. The first-order valence-corrected chi connectivity index (χ1v) is 7.40. The summed E-state index contributed by atoms with van der Waals surface area (Å²) in [5.74, 6) is -0.346. The SMILES string of the molecule is COC(=O)c1[nH]cc(-c2ccccc2C)c1N1CCOCC1. The fourth-order valence-corrected chi connectivity index (χ4v) is 2.87. The molecule has 2 heterocycles. The van der Waals surface area contributed by atoms with Crippen LogP contribution in [0.4, 0.5) is 5.69 Å². The molecular formula is C17H20N2O3. The van der Waals surface area contributed by atoms with Crippen molar-refractivity contribution in [1.82, 2.24) is 4.98 Å². The summed E-state index contributed by atoms with van der Waals surface area (Å²) >= 11 is 0. The van der Waals surface area contributed by atoms with Gasteiger partial charge in [0, 0.05) is 24.8 Å². The molecule has 0 aliphatic carbocycles. The van der Waals surface area contributed by atoms with E-state index < -0.39 is 0 Å². The zero-order valence-electron chi connectivity index (χ0n) is 12.9. The molecule has 116 valence electrons. The number of rotatable bonds is 3. The highest BCUT2D eigenvalue weighted by molar-refractivity contribution is 5.99.